The van der Waals surface area contributed by atoms with Gasteiger partial charge in [0.15, 0.2) is 0 Å². The van der Waals surface area contributed by atoms with Crippen LogP contribution in [0, 0.1) is 13.8 Å². The van der Waals surface area contributed by atoms with Gasteiger partial charge in [0.25, 0.3) is 0 Å². The van der Waals surface area contributed by atoms with Gasteiger partial charge in [0.05, 0.1) is 11.4 Å². The van der Waals surface area contributed by atoms with Gasteiger partial charge in [-0.25, -0.2) is 4.98 Å². The van der Waals surface area contributed by atoms with Gasteiger partial charge in [-0.15, -0.1) is 0 Å². The lowest BCUT2D eigenvalue weighted by Crippen LogP contribution is -2.19. The molecule has 5 nitrogen and oxygen atoms in total. The lowest BCUT2D eigenvalue weighted by molar-refractivity contribution is 0.390. The Morgan fingerprint density at radius 1 is 1.18 bits per heavy atom. The first kappa shape index (κ1) is 14.5. The number of benzene rings is 1. The smallest absolute Gasteiger partial charge is 0.226 e. The molecule has 0 aliphatic carbocycles. The van der Waals surface area contributed by atoms with Gasteiger partial charge in [-0.1, -0.05) is 23.4 Å². The minimum atomic E-state index is 0.142. The van der Waals surface area contributed by atoms with Crippen molar-refractivity contribution >= 4 is 0 Å². The Bertz CT molecular complexity index is 727. The summed E-state index contributed by atoms with van der Waals surface area (Å²) in [4.78, 5) is 4.51. The summed E-state index contributed by atoms with van der Waals surface area (Å²) >= 11 is 0. The highest BCUT2D eigenvalue weighted by Crippen LogP contribution is 2.22. The summed E-state index contributed by atoms with van der Waals surface area (Å²) in [7, 11) is 0. The van der Waals surface area contributed by atoms with E-state index in [0.717, 1.165) is 28.3 Å². The van der Waals surface area contributed by atoms with Crippen LogP contribution >= 0.6 is 0 Å². The number of nitrogens with zero attached hydrogens (tertiary/aromatic N) is 2. The molecule has 0 saturated carbocycles. The van der Waals surface area contributed by atoms with E-state index in [1.165, 1.54) is 0 Å². The van der Waals surface area contributed by atoms with E-state index in [1.54, 1.807) is 6.26 Å². The quantitative estimate of drug-likeness (QED) is 0.776. The number of hydrogen-bond donors (Lipinski definition) is 1. The second-order valence-electron chi connectivity index (χ2n) is 5.35. The summed E-state index contributed by atoms with van der Waals surface area (Å²) in [5, 5.41) is 7.41. The Labute approximate surface area is 129 Å². The van der Waals surface area contributed by atoms with E-state index in [9.17, 15) is 0 Å². The molecule has 2 heterocycles. The molecule has 5 heteroatoms. The fourth-order valence-corrected chi connectivity index (χ4v) is 2.57. The molecule has 0 unspecified atom stereocenters. The third kappa shape index (κ3) is 2.94. The zero-order valence-corrected chi connectivity index (χ0v) is 13.0. The summed E-state index contributed by atoms with van der Waals surface area (Å²) in [6.07, 6.45) is 1.69. The standard InChI is InChI=1S/C17H19N3O2/c1-11(16-12(2)20-22-13(16)3)18-9-15-10-21-17(19-15)14-7-5-4-6-8-14/h4-8,10-11,18H,9H2,1-3H3/t11-/m0/s1. The predicted molar refractivity (Wildman–Crippen MR) is 83.2 cm³/mol. The van der Waals surface area contributed by atoms with E-state index >= 15 is 0 Å². The van der Waals surface area contributed by atoms with Crippen LogP contribution in [-0.2, 0) is 6.54 Å². The lowest BCUT2D eigenvalue weighted by Gasteiger charge is -2.12. The molecule has 1 atom stereocenters. The maximum Gasteiger partial charge on any atom is 0.226 e. The van der Waals surface area contributed by atoms with E-state index in [0.29, 0.717) is 12.4 Å². The minimum absolute atomic E-state index is 0.142. The van der Waals surface area contributed by atoms with Crippen LogP contribution < -0.4 is 5.32 Å². The average Bonchev–Trinajstić information content (AvgIpc) is 3.13. The highest BCUT2D eigenvalue weighted by molar-refractivity contribution is 5.52. The third-order valence-electron chi connectivity index (χ3n) is 3.68. The van der Waals surface area contributed by atoms with E-state index in [2.05, 4.69) is 22.4 Å². The number of oxazole rings is 1. The normalized spacial score (nSPS) is 12.5. The zero-order valence-electron chi connectivity index (χ0n) is 13.0. The first-order valence-corrected chi connectivity index (χ1v) is 7.31. The molecule has 0 saturated heterocycles. The summed E-state index contributed by atoms with van der Waals surface area (Å²) < 4.78 is 10.7. The van der Waals surface area contributed by atoms with Crippen LogP contribution in [0.5, 0.6) is 0 Å². The van der Waals surface area contributed by atoms with Crippen LogP contribution in [0.3, 0.4) is 0 Å². The number of nitrogens with one attached hydrogen (secondary N) is 1. The molecule has 0 aliphatic heterocycles. The number of hydrogen-bond acceptors (Lipinski definition) is 5. The van der Waals surface area contributed by atoms with Crippen molar-refractivity contribution in [3.05, 3.63) is 59.3 Å². The molecule has 3 aromatic rings. The van der Waals surface area contributed by atoms with Gasteiger partial charge in [0, 0.05) is 23.7 Å². The van der Waals surface area contributed by atoms with E-state index in [-0.39, 0.29) is 6.04 Å². The SMILES string of the molecule is Cc1noc(C)c1[C@H](C)NCc1coc(-c2ccccc2)n1. The van der Waals surface area contributed by atoms with Crippen molar-refractivity contribution in [1.29, 1.82) is 0 Å². The second-order valence-corrected chi connectivity index (χ2v) is 5.35. The van der Waals surface area contributed by atoms with Crippen LogP contribution in [0.2, 0.25) is 0 Å². The van der Waals surface area contributed by atoms with Gasteiger partial charge in [-0.05, 0) is 32.9 Å². The molecule has 0 bridgehead atoms. The topological polar surface area (TPSA) is 64.1 Å². The molecule has 2 aromatic heterocycles. The van der Waals surface area contributed by atoms with E-state index in [4.69, 9.17) is 8.94 Å². The third-order valence-corrected chi connectivity index (χ3v) is 3.68. The molecule has 114 valence electrons. The minimum Gasteiger partial charge on any atom is -0.444 e. The van der Waals surface area contributed by atoms with Crippen molar-refractivity contribution in [3.63, 3.8) is 0 Å². The summed E-state index contributed by atoms with van der Waals surface area (Å²) in [5.74, 6) is 1.49. The van der Waals surface area contributed by atoms with Gasteiger partial charge in [0.2, 0.25) is 5.89 Å². The zero-order chi connectivity index (χ0) is 15.5. The number of aromatic nitrogens is 2. The van der Waals surface area contributed by atoms with Crippen molar-refractivity contribution in [3.8, 4) is 11.5 Å². The molecule has 3 rings (SSSR count). The van der Waals surface area contributed by atoms with E-state index < -0.39 is 0 Å². The molecular formula is C17H19N3O2. The Morgan fingerprint density at radius 3 is 2.64 bits per heavy atom. The molecule has 22 heavy (non-hydrogen) atoms. The Hall–Kier alpha value is -2.40. The monoisotopic (exact) mass is 297 g/mol. The fraction of sp³-hybridized carbons (Fsp3) is 0.294. The van der Waals surface area contributed by atoms with E-state index in [1.807, 2.05) is 44.2 Å². The largest absolute Gasteiger partial charge is 0.444 e. The predicted octanol–water partition coefficient (Wildman–Crippen LogP) is 3.80. The number of rotatable bonds is 5. The lowest BCUT2D eigenvalue weighted by atomic mass is 10.1. The van der Waals surface area contributed by atoms with Crippen LogP contribution in [-0.4, -0.2) is 10.1 Å². The van der Waals surface area contributed by atoms with Crippen LogP contribution in [0.1, 0.15) is 35.7 Å². The molecule has 0 fully saturated rings. The Balaban J connectivity index is 1.66. The van der Waals surface area contributed by atoms with Gasteiger partial charge in [0.1, 0.15) is 12.0 Å². The highest BCUT2D eigenvalue weighted by atomic mass is 16.5. The molecule has 1 N–H and O–H groups in total. The van der Waals surface area contributed by atoms with Gasteiger partial charge < -0.3 is 14.3 Å². The maximum absolute atomic E-state index is 5.54. The molecule has 0 aliphatic rings. The summed E-state index contributed by atoms with van der Waals surface area (Å²) in [5.41, 5.74) is 3.87. The first-order valence-electron chi connectivity index (χ1n) is 7.31. The maximum atomic E-state index is 5.54. The molecular weight excluding hydrogens is 278 g/mol. The molecule has 0 amide bonds. The fourth-order valence-electron chi connectivity index (χ4n) is 2.57. The molecule has 0 spiro atoms. The Kier molecular flexibility index (Phi) is 4.06. The average molecular weight is 297 g/mol. The molecule has 0 radical (unpaired) electrons. The van der Waals surface area contributed by atoms with Gasteiger partial charge >= 0.3 is 0 Å². The Morgan fingerprint density at radius 2 is 1.95 bits per heavy atom. The van der Waals surface area contributed by atoms with Crippen molar-refractivity contribution in [2.45, 2.75) is 33.4 Å². The molecule has 1 aromatic carbocycles. The van der Waals surface area contributed by atoms with Crippen LogP contribution in [0.15, 0.2) is 45.5 Å². The van der Waals surface area contributed by atoms with Crippen molar-refractivity contribution in [1.82, 2.24) is 15.5 Å². The van der Waals surface area contributed by atoms with Crippen molar-refractivity contribution in [2.75, 3.05) is 0 Å². The van der Waals surface area contributed by atoms with Gasteiger partial charge in [-0.2, -0.15) is 0 Å². The summed E-state index contributed by atoms with van der Waals surface area (Å²) in [6.45, 7) is 6.59. The van der Waals surface area contributed by atoms with Crippen LogP contribution in [0.4, 0.5) is 0 Å². The highest BCUT2D eigenvalue weighted by Gasteiger charge is 2.16. The second kappa shape index (κ2) is 6.15. The van der Waals surface area contributed by atoms with Crippen molar-refractivity contribution < 1.29 is 8.94 Å². The summed E-state index contributed by atoms with van der Waals surface area (Å²) in [6, 6.07) is 10.0. The first-order chi connectivity index (χ1) is 10.6. The van der Waals surface area contributed by atoms with Crippen LogP contribution in [0.25, 0.3) is 11.5 Å². The number of aryl methyl sites for hydroxylation is 2. The van der Waals surface area contributed by atoms with Gasteiger partial charge in [-0.3, -0.25) is 0 Å². The van der Waals surface area contributed by atoms with Crippen molar-refractivity contribution in [2.24, 2.45) is 0 Å².